The lowest BCUT2D eigenvalue weighted by Gasteiger charge is -2.06. The van der Waals surface area contributed by atoms with E-state index in [2.05, 4.69) is 0 Å². The number of nitrogens with zero attached hydrogens (tertiary/aromatic N) is 1. The van der Waals surface area contributed by atoms with Gasteiger partial charge in [0, 0.05) is 11.3 Å². The molecule has 0 unspecified atom stereocenters. The van der Waals surface area contributed by atoms with Crippen LogP contribution in [0.2, 0.25) is 0 Å². The van der Waals surface area contributed by atoms with Gasteiger partial charge in [-0.1, -0.05) is 6.07 Å². The second-order valence-electron chi connectivity index (χ2n) is 4.50. The van der Waals surface area contributed by atoms with Gasteiger partial charge < -0.3 is 9.47 Å². The number of hydrogen-bond acceptors (Lipinski definition) is 6. The molecule has 116 valence electrons. The van der Waals surface area contributed by atoms with Gasteiger partial charge in [-0.05, 0) is 36.4 Å². The molecule has 0 saturated carbocycles. The quantitative estimate of drug-likeness (QED) is 0.337. The number of carbonyl (C=O) groups is 1. The molecular weight excluding hydrogens is 306 g/mol. The number of benzene rings is 1. The van der Waals surface area contributed by atoms with E-state index in [1.165, 1.54) is 30.2 Å². The van der Waals surface area contributed by atoms with Crippen molar-refractivity contribution in [1.29, 1.82) is 0 Å². The molecule has 1 aromatic heterocycles. The maximum Gasteiger partial charge on any atom is 0.315 e. The number of nitro benzene ring substituents is 1. The minimum atomic E-state index is -0.600. The van der Waals surface area contributed by atoms with Crippen molar-refractivity contribution in [3.05, 3.63) is 50.7 Å². The second-order valence-corrected chi connectivity index (χ2v) is 5.53. The van der Waals surface area contributed by atoms with Crippen molar-refractivity contribution in [3.63, 3.8) is 0 Å². The zero-order valence-electron chi connectivity index (χ0n) is 12.0. The third kappa shape index (κ3) is 4.29. The highest BCUT2D eigenvalue weighted by atomic mass is 32.1. The van der Waals surface area contributed by atoms with Crippen LogP contribution in [0.3, 0.4) is 0 Å². The van der Waals surface area contributed by atoms with E-state index in [9.17, 15) is 14.9 Å². The minimum absolute atomic E-state index is 0.0630. The van der Waals surface area contributed by atoms with Gasteiger partial charge in [0.15, 0.2) is 0 Å². The third-order valence-corrected chi connectivity index (χ3v) is 3.91. The van der Waals surface area contributed by atoms with Gasteiger partial charge in [-0.3, -0.25) is 14.9 Å². The molecule has 7 heteroatoms. The fraction of sp³-hybridized carbons (Fsp3) is 0.267. The highest BCUT2D eigenvalue weighted by Crippen LogP contribution is 2.31. The standard InChI is InChI=1S/C15H15NO5S/c1-20-11-7-8-14(13(10-11)16(18)19)21-15(17)6-2-4-12-5-3-9-22-12/h3,5,7-10H,2,4,6H2,1H3. The number of carbonyl (C=O) groups excluding carboxylic acids is 1. The summed E-state index contributed by atoms with van der Waals surface area (Å²) >= 11 is 1.63. The molecule has 0 atom stereocenters. The van der Waals surface area contributed by atoms with Crippen molar-refractivity contribution in [2.75, 3.05) is 7.11 Å². The van der Waals surface area contributed by atoms with Gasteiger partial charge in [0.25, 0.3) is 0 Å². The summed E-state index contributed by atoms with van der Waals surface area (Å²) < 4.78 is 10.0. The molecule has 0 spiro atoms. The number of hydrogen-bond donors (Lipinski definition) is 0. The normalized spacial score (nSPS) is 10.2. The van der Waals surface area contributed by atoms with Gasteiger partial charge >= 0.3 is 11.7 Å². The van der Waals surface area contributed by atoms with Gasteiger partial charge in [-0.25, -0.2) is 0 Å². The molecule has 0 aliphatic rings. The largest absolute Gasteiger partial charge is 0.496 e. The summed E-state index contributed by atoms with van der Waals surface area (Å²) in [5, 5.41) is 13.0. The number of methoxy groups -OCH3 is 1. The maximum atomic E-state index is 11.8. The smallest absolute Gasteiger partial charge is 0.315 e. The van der Waals surface area contributed by atoms with Crippen LogP contribution in [0, 0.1) is 10.1 Å². The molecule has 0 saturated heterocycles. The molecule has 2 aromatic rings. The third-order valence-electron chi connectivity index (χ3n) is 2.97. The van der Waals surface area contributed by atoms with Gasteiger partial charge in [0.2, 0.25) is 5.75 Å². The van der Waals surface area contributed by atoms with E-state index in [-0.39, 0.29) is 17.9 Å². The van der Waals surface area contributed by atoms with E-state index in [4.69, 9.17) is 9.47 Å². The molecule has 0 fully saturated rings. The highest BCUT2D eigenvalue weighted by molar-refractivity contribution is 7.09. The van der Waals surface area contributed by atoms with Crippen molar-refractivity contribution >= 4 is 23.0 Å². The van der Waals surface area contributed by atoms with E-state index in [1.807, 2.05) is 17.5 Å². The zero-order valence-corrected chi connectivity index (χ0v) is 12.8. The van der Waals surface area contributed by atoms with Crippen molar-refractivity contribution in [2.45, 2.75) is 19.3 Å². The van der Waals surface area contributed by atoms with Crippen LogP contribution in [0.15, 0.2) is 35.7 Å². The van der Waals surface area contributed by atoms with E-state index in [0.29, 0.717) is 12.2 Å². The van der Waals surface area contributed by atoms with Crippen LogP contribution >= 0.6 is 11.3 Å². The lowest BCUT2D eigenvalue weighted by atomic mass is 10.2. The lowest BCUT2D eigenvalue weighted by molar-refractivity contribution is -0.385. The number of nitro groups is 1. The Morgan fingerprint density at radius 2 is 2.18 bits per heavy atom. The fourth-order valence-corrected chi connectivity index (χ4v) is 2.64. The maximum absolute atomic E-state index is 11.8. The summed E-state index contributed by atoms with van der Waals surface area (Å²) in [5.74, 6) is -0.207. The Bertz CT molecular complexity index is 654. The predicted octanol–water partition coefficient (Wildman–Crippen LogP) is 3.59. The SMILES string of the molecule is COc1ccc(OC(=O)CCCc2cccs2)c([N+](=O)[O-])c1. The summed E-state index contributed by atoms with van der Waals surface area (Å²) in [6, 6.07) is 8.08. The minimum Gasteiger partial charge on any atom is -0.496 e. The number of aryl methyl sites for hydroxylation is 1. The molecule has 0 aliphatic carbocycles. The molecule has 0 amide bonds. The first-order chi connectivity index (χ1) is 10.6. The molecule has 0 aliphatic heterocycles. The van der Waals surface area contributed by atoms with Crippen LogP contribution in [-0.2, 0) is 11.2 Å². The van der Waals surface area contributed by atoms with Gasteiger partial charge in [0.1, 0.15) is 5.75 Å². The van der Waals surface area contributed by atoms with Crippen molar-refractivity contribution in [1.82, 2.24) is 0 Å². The Labute approximate surface area is 131 Å². The topological polar surface area (TPSA) is 78.7 Å². The van der Waals surface area contributed by atoms with Crippen LogP contribution in [0.25, 0.3) is 0 Å². The lowest BCUT2D eigenvalue weighted by Crippen LogP contribution is -2.09. The van der Waals surface area contributed by atoms with Crippen LogP contribution in [0.1, 0.15) is 17.7 Å². The molecule has 0 N–H and O–H groups in total. The van der Waals surface area contributed by atoms with Gasteiger partial charge in [0.05, 0.1) is 18.1 Å². The van der Waals surface area contributed by atoms with E-state index in [1.54, 1.807) is 11.3 Å². The molecule has 22 heavy (non-hydrogen) atoms. The van der Waals surface area contributed by atoms with Crippen molar-refractivity contribution in [3.8, 4) is 11.5 Å². The molecule has 1 aromatic carbocycles. The Morgan fingerprint density at radius 3 is 2.82 bits per heavy atom. The fourth-order valence-electron chi connectivity index (χ4n) is 1.89. The van der Waals surface area contributed by atoms with Crippen LogP contribution in [0.5, 0.6) is 11.5 Å². The average Bonchev–Trinajstić information content (AvgIpc) is 3.00. The number of thiophene rings is 1. The Hall–Kier alpha value is -2.41. The van der Waals surface area contributed by atoms with Crippen molar-refractivity contribution in [2.24, 2.45) is 0 Å². The molecule has 0 radical (unpaired) electrons. The average molecular weight is 321 g/mol. The first-order valence-electron chi connectivity index (χ1n) is 6.65. The van der Waals surface area contributed by atoms with E-state index < -0.39 is 10.9 Å². The summed E-state index contributed by atoms with van der Waals surface area (Å²) in [6.45, 7) is 0. The monoisotopic (exact) mass is 321 g/mol. The zero-order chi connectivity index (χ0) is 15.9. The second kappa shape index (κ2) is 7.56. The Balaban J connectivity index is 1.94. The van der Waals surface area contributed by atoms with Crippen LogP contribution < -0.4 is 9.47 Å². The Kier molecular flexibility index (Phi) is 5.48. The van der Waals surface area contributed by atoms with Crippen LogP contribution in [0.4, 0.5) is 5.69 Å². The number of ether oxygens (including phenoxy) is 2. The first-order valence-corrected chi connectivity index (χ1v) is 7.53. The van der Waals surface area contributed by atoms with E-state index in [0.717, 1.165) is 6.42 Å². The van der Waals surface area contributed by atoms with E-state index >= 15 is 0 Å². The molecule has 6 nitrogen and oxygen atoms in total. The molecular formula is C15H15NO5S. The Morgan fingerprint density at radius 1 is 1.36 bits per heavy atom. The number of esters is 1. The predicted molar refractivity (Wildman–Crippen MR) is 82.5 cm³/mol. The molecule has 0 bridgehead atoms. The van der Waals surface area contributed by atoms with Gasteiger partial charge in [-0.15, -0.1) is 11.3 Å². The summed E-state index contributed by atoms with van der Waals surface area (Å²) in [4.78, 5) is 23.4. The summed E-state index contributed by atoms with van der Waals surface area (Å²) in [6.07, 6.45) is 1.64. The highest BCUT2D eigenvalue weighted by Gasteiger charge is 2.19. The molecule has 2 rings (SSSR count). The van der Waals surface area contributed by atoms with Gasteiger partial charge in [-0.2, -0.15) is 0 Å². The number of rotatable bonds is 7. The molecule has 1 heterocycles. The first kappa shape index (κ1) is 16.0. The summed E-state index contributed by atoms with van der Waals surface area (Å²) in [5.41, 5.74) is -0.286. The summed E-state index contributed by atoms with van der Waals surface area (Å²) in [7, 11) is 1.41. The van der Waals surface area contributed by atoms with Crippen LogP contribution in [-0.4, -0.2) is 18.0 Å². The van der Waals surface area contributed by atoms with Crippen molar-refractivity contribution < 1.29 is 19.2 Å².